The molecular weight excluding hydrogens is 238 g/mol. The van der Waals surface area contributed by atoms with Crippen LogP contribution in [0.15, 0.2) is 30.3 Å². The Balaban J connectivity index is 1.71. The molecule has 1 aliphatic rings. The van der Waals surface area contributed by atoms with Crippen LogP contribution in [0.3, 0.4) is 0 Å². The van der Waals surface area contributed by atoms with E-state index in [1.807, 2.05) is 37.3 Å². The molecule has 1 saturated heterocycles. The quantitative estimate of drug-likeness (QED) is 0.828. The Morgan fingerprint density at radius 1 is 1.42 bits per heavy atom. The third-order valence-corrected chi connectivity index (χ3v) is 3.73. The molecule has 0 spiro atoms. The first-order valence-electron chi connectivity index (χ1n) is 7.21. The van der Waals surface area contributed by atoms with E-state index in [0.29, 0.717) is 12.3 Å². The zero-order valence-corrected chi connectivity index (χ0v) is 11.6. The van der Waals surface area contributed by atoms with Gasteiger partial charge in [0.15, 0.2) is 0 Å². The minimum Gasteiger partial charge on any atom is -0.458 e. The highest BCUT2D eigenvalue weighted by atomic mass is 16.5. The van der Waals surface area contributed by atoms with Crippen LogP contribution in [-0.4, -0.2) is 19.1 Å². The summed E-state index contributed by atoms with van der Waals surface area (Å²) in [7, 11) is 0. The van der Waals surface area contributed by atoms with Crippen molar-refractivity contribution in [2.45, 2.75) is 38.7 Å². The number of carbonyl (C=O) groups is 1. The Morgan fingerprint density at radius 3 is 2.89 bits per heavy atom. The minimum absolute atomic E-state index is 0.0815. The molecule has 2 rings (SSSR count). The summed E-state index contributed by atoms with van der Waals surface area (Å²) in [4.78, 5) is 11.8. The van der Waals surface area contributed by atoms with E-state index in [-0.39, 0.29) is 12.1 Å². The smallest absolute Gasteiger partial charge is 0.306 e. The summed E-state index contributed by atoms with van der Waals surface area (Å²) >= 11 is 0. The van der Waals surface area contributed by atoms with Crippen molar-refractivity contribution in [2.24, 2.45) is 5.92 Å². The van der Waals surface area contributed by atoms with E-state index in [1.165, 1.54) is 12.8 Å². The molecule has 1 fully saturated rings. The van der Waals surface area contributed by atoms with Gasteiger partial charge in [0, 0.05) is 6.42 Å². The molecule has 0 amide bonds. The van der Waals surface area contributed by atoms with Crippen LogP contribution in [0, 0.1) is 5.92 Å². The van der Waals surface area contributed by atoms with Crippen molar-refractivity contribution in [3.8, 4) is 0 Å². The summed E-state index contributed by atoms with van der Waals surface area (Å²) in [5.74, 6) is 0.551. The number of piperidine rings is 1. The van der Waals surface area contributed by atoms with Crippen molar-refractivity contribution in [3.63, 3.8) is 0 Å². The fourth-order valence-corrected chi connectivity index (χ4v) is 2.54. The molecule has 0 radical (unpaired) electrons. The Morgan fingerprint density at radius 2 is 2.21 bits per heavy atom. The van der Waals surface area contributed by atoms with Gasteiger partial charge in [-0.05, 0) is 50.8 Å². The second kappa shape index (κ2) is 7.29. The lowest BCUT2D eigenvalue weighted by atomic mass is 9.95. The van der Waals surface area contributed by atoms with Crippen LogP contribution in [0.1, 0.15) is 44.3 Å². The third-order valence-electron chi connectivity index (χ3n) is 3.73. The maximum atomic E-state index is 11.8. The maximum absolute atomic E-state index is 11.8. The average Bonchev–Trinajstić information content (AvgIpc) is 2.47. The van der Waals surface area contributed by atoms with Gasteiger partial charge < -0.3 is 10.1 Å². The van der Waals surface area contributed by atoms with Crippen LogP contribution >= 0.6 is 0 Å². The molecule has 0 bridgehead atoms. The highest BCUT2D eigenvalue weighted by Gasteiger charge is 2.16. The molecule has 1 N–H and O–H groups in total. The van der Waals surface area contributed by atoms with Crippen LogP contribution < -0.4 is 5.32 Å². The monoisotopic (exact) mass is 261 g/mol. The third kappa shape index (κ3) is 4.67. The molecule has 19 heavy (non-hydrogen) atoms. The zero-order valence-electron chi connectivity index (χ0n) is 11.6. The number of ether oxygens (including phenoxy) is 1. The first-order chi connectivity index (χ1) is 9.25. The van der Waals surface area contributed by atoms with E-state index in [0.717, 1.165) is 25.1 Å². The molecule has 1 aliphatic heterocycles. The van der Waals surface area contributed by atoms with Gasteiger partial charge in [0.05, 0.1) is 0 Å². The number of benzene rings is 1. The predicted molar refractivity (Wildman–Crippen MR) is 75.8 cm³/mol. The second-order valence-corrected chi connectivity index (χ2v) is 5.29. The van der Waals surface area contributed by atoms with Crippen molar-refractivity contribution >= 4 is 5.97 Å². The van der Waals surface area contributed by atoms with Crippen LogP contribution in [0.2, 0.25) is 0 Å². The molecule has 2 atom stereocenters. The van der Waals surface area contributed by atoms with Gasteiger partial charge in [0.1, 0.15) is 6.10 Å². The zero-order chi connectivity index (χ0) is 13.5. The van der Waals surface area contributed by atoms with Crippen molar-refractivity contribution in [1.29, 1.82) is 0 Å². The van der Waals surface area contributed by atoms with Crippen molar-refractivity contribution in [3.05, 3.63) is 35.9 Å². The van der Waals surface area contributed by atoms with Crippen molar-refractivity contribution in [2.75, 3.05) is 13.1 Å². The van der Waals surface area contributed by atoms with Gasteiger partial charge in [0.2, 0.25) is 0 Å². The number of rotatable bonds is 5. The summed E-state index contributed by atoms with van der Waals surface area (Å²) < 4.78 is 5.47. The van der Waals surface area contributed by atoms with Gasteiger partial charge in [0.25, 0.3) is 0 Å². The Bertz CT molecular complexity index is 385. The molecule has 3 heteroatoms. The number of hydrogen-bond acceptors (Lipinski definition) is 3. The van der Waals surface area contributed by atoms with Gasteiger partial charge in [-0.1, -0.05) is 30.3 Å². The number of carbonyl (C=O) groups excluding carboxylic acids is 1. The second-order valence-electron chi connectivity index (χ2n) is 5.29. The summed E-state index contributed by atoms with van der Waals surface area (Å²) in [5, 5.41) is 3.37. The van der Waals surface area contributed by atoms with Gasteiger partial charge in [-0.25, -0.2) is 0 Å². The van der Waals surface area contributed by atoms with Crippen LogP contribution in [0.25, 0.3) is 0 Å². The highest BCUT2D eigenvalue weighted by Crippen LogP contribution is 2.20. The Kier molecular flexibility index (Phi) is 5.40. The van der Waals surface area contributed by atoms with E-state index in [2.05, 4.69) is 5.32 Å². The molecule has 0 saturated carbocycles. The largest absolute Gasteiger partial charge is 0.458 e. The highest BCUT2D eigenvalue weighted by molar-refractivity contribution is 5.69. The summed E-state index contributed by atoms with van der Waals surface area (Å²) in [6, 6.07) is 9.88. The molecule has 1 heterocycles. The average molecular weight is 261 g/mol. The lowest BCUT2D eigenvalue weighted by Gasteiger charge is -2.22. The van der Waals surface area contributed by atoms with Crippen LogP contribution in [-0.2, 0) is 9.53 Å². The van der Waals surface area contributed by atoms with Crippen LogP contribution in [0.5, 0.6) is 0 Å². The molecular formula is C16H23NO2. The Labute approximate surface area is 115 Å². The molecule has 0 aromatic heterocycles. The molecule has 1 aromatic carbocycles. The summed E-state index contributed by atoms with van der Waals surface area (Å²) in [6.45, 7) is 4.09. The van der Waals surface area contributed by atoms with Crippen molar-refractivity contribution < 1.29 is 9.53 Å². The molecule has 2 unspecified atom stereocenters. The van der Waals surface area contributed by atoms with Crippen molar-refractivity contribution in [1.82, 2.24) is 5.32 Å². The SMILES string of the molecule is CC(OC(=O)CCC1CCCNC1)c1ccccc1. The lowest BCUT2D eigenvalue weighted by molar-refractivity contribution is -0.149. The van der Waals surface area contributed by atoms with E-state index in [9.17, 15) is 4.79 Å². The first kappa shape index (κ1) is 14.1. The topological polar surface area (TPSA) is 38.3 Å². The van der Waals surface area contributed by atoms with E-state index >= 15 is 0 Å². The van der Waals surface area contributed by atoms with E-state index < -0.39 is 0 Å². The predicted octanol–water partition coefficient (Wildman–Crippen LogP) is 3.07. The number of hydrogen-bond donors (Lipinski definition) is 1. The number of nitrogens with one attached hydrogen (secondary N) is 1. The molecule has 0 aliphatic carbocycles. The maximum Gasteiger partial charge on any atom is 0.306 e. The molecule has 104 valence electrons. The lowest BCUT2D eigenvalue weighted by Crippen LogP contribution is -2.30. The molecule has 1 aromatic rings. The van der Waals surface area contributed by atoms with Crippen LogP contribution in [0.4, 0.5) is 0 Å². The van der Waals surface area contributed by atoms with E-state index in [1.54, 1.807) is 0 Å². The van der Waals surface area contributed by atoms with Gasteiger partial charge in [-0.2, -0.15) is 0 Å². The van der Waals surface area contributed by atoms with Gasteiger partial charge in [-0.15, -0.1) is 0 Å². The van der Waals surface area contributed by atoms with E-state index in [4.69, 9.17) is 4.74 Å². The minimum atomic E-state index is -0.154. The fourth-order valence-electron chi connectivity index (χ4n) is 2.54. The Hall–Kier alpha value is -1.35. The fraction of sp³-hybridized carbons (Fsp3) is 0.562. The summed E-state index contributed by atoms with van der Waals surface area (Å²) in [5.41, 5.74) is 1.05. The standard InChI is InChI=1S/C16H23NO2/c1-13(15-7-3-2-4-8-15)19-16(18)10-9-14-6-5-11-17-12-14/h2-4,7-8,13-14,17H,5-6,9-12H2,1H3. The first-order valence-corrected chi connectivity index (χ1v) is 7.21. The summed E-state index contributed by atoms with van der Waals surface area (Å²) in [6.07, 6.45) is 3.77. The van der Waals surface area contributed by atoms with Gasteiger partial charge in [-0.3, -0.25) is 4.79 Å². The van der Waals surface area contributed by atoms with Gasteiger partial charge >= 0.3 is 5.97 Å². The normalized spacial score (nSPS) is 20.8. The number of esters is 1. The molecule has 3 nitrogen and oxygen atoms in total.